The maximum absolute atomic E-state index is 11.7. The number of rotatable bonds is 4. The van der Waals surface area contributed by atoms with E-state index in [-0.39, 0.29) is 18.7 Å². The lowest BCUT2D eigenvalue weighted by Gasteiger charge is -2.15. The molecular formula is C12H13N3O3. The molecule has 0 radical (unpaired) electrons. The molecule has 0 saturated carbocycles. The summed E-state index contributed by atoms with van der Waals surface area (Å²) >= 11 is 0. The number of pyridine rings is 1. The van der Waals surface area contributed by atoms with E-state index in [0.717, 1.165) is 0 Å². The third kappa shape index (κ3) is 3.56. The fourth-order valence-corrected chi connectivity index (χ4v) is 1.26. The van der Waals surface area contributed by atoms with Crippen LogP contribution >= 0.6 is 0 Å². The SMILES string of the molecule is COC(=O)CCC(=O)N(C)c1ccc(C#N)cn1. The topological polar surface area (TPSA) is 83.3 Å². The Kier molecular flexibility index (Phi) is 4.81. The van der Waals surface area contributed by atoms with Crippen LogP contribution in [0.25, 0.3) is 0 Å². The summed E-state index contributed by atoms with van der Waals surface area (Å²) in [6.45, 7) is 0. The lowest BCUT2D eigenvalue weighted by molar-refractivity contribution is -0.141. The number of carbonyl (C=O) groups is 2. The van der Waals surface area contributed by atoms with E-state index < -0.39 is 5.97 Å². The molecule has 0 N–H and O–H groups in total. The standard InChI is InChI=1S/C12H13N3O3/c1-15(11(16)5-6-12(17)18-2)10-4-3-9(7-13)8-14-10/h3-4,8H,5-6H2,1-2H3. The summed E-state index contributed by atoms with van der Waals surface area (Å²) in [5.41, 5.74) is 0.425. The van der Waals surface area contributed by atoms with Crippen molar-refractivity contribution < 1.29 is 14.3 Å². The average molecular weight is 247 g/mol. The van der Waals surface area contributed by atoms with E-state index in [1.165, 1.54) is 18.2 Å². The first-order chi connectivity index (χ1) is 8.58. The van der Waals surface area contributed by atoms with Gasteiger partial charge in [-0.25, -0.2) is 4.98 Å². The number of ether oxygens (including phenoxy) is 1. The molecule has 1 amide bonds. The molecule has 6 nitrogen and oxygen atoms in total. The van der Waals surface area contributed by atoms with E-state index in [0.29, 0.717) is 11.4 Å². The molecule has 0 unspecified atom stereocenters. The van der Waals surface area contributed by atoms with Crippen LogP contribution in [0, 0.1) is 11.3 Å². The van der Waals surface area contributed by atoms with Gasteiger partial charge in [0.15, 0.2) is 0 Å². The van der Waals surface area contributed by atoms with Crippen molar-refractivity contribution in [2.75, 3.05) is 19.1 Å². The Balaban J connectivity index is 2.62. The molecule has 94 valence electrons. The summed E-state index contributed by atoms with van der Waals surface area (Å²) in [7, 11) is 2.84. The van der Waals surface area contributed by atoms with Gasteiger partial charge in [0, 0.05) is 19.7 Å². The Morgan fingerprint density at radius 1 is 1.44 bits per heavy atom. The second kappa shape index (κ2) is 6.35. The monoisotopic (exact) mass is 247 g/mol. The lowest BCUT2D eigenvalue weighted by atomic mass is 10.2. The van der Waals surface area contributed by atoms with Gasteiger partial charge in [0.2, 0.25) is 5.91 Å². The minimum Gasteiger partial charge on any atom is -0.469 e. The fourth-order valence-electron chi connectivity index (χ4n) is 1.26. The molecule has 1 aromatic heterocycles. The summed E-state index contributed by atoms with van der Waals surface area (Å²) in [4.78, 5) is 28.0. The van der Waals surface area contributed by atoms with Gasteiger partial charge in [0.05, 0.1) is 19.1 Å². The molecule has 0 aliphatic carbocycles. The highest BCUT2D eigenvalue weighted by molar-refractivity contribution is 5.93. The molecule has 0 fully saturated rings. The fraction of sp³-hybridized carbons (Fsp3) is 0.333. The zero-order valence-corrected chi connectivity index (χ0v) is 10.2. The van der Waals surface area contributed by atoms with Gasteiger partial charge in [0.25, 0.3) is 0 Å². The Morgan fingerprint density at radius 3 is 2.67 bits per heavy atom. The van der Waals surface area contributed by atoms with Crippen LogP contribution in [-0.2, 0) is 14.3 Å². The van der Waals surface area contributed by atoms with Crippen LogP contribution in [0.5, 0.6) is 0 Å². The van der Waals surface area contributed by atoms with Crippen molar-refractivity contribution in [3.63, 3.8) is 0 Å². The molecule has 0 aromatic carbocycles. The predicted molar refractivity (Wildman–Crippen MR) is 63.6 cm³/mol. The number of aromatic nitrogens is 1. The van der Waals surface area contributed by atoms with Gasteiger partial charge in [-0.1, -0.05) is 0 Å². The Bertz CT molecular complexity index is 476. The molecule has 1 rings (SSSR count). The largest absolute Gasteiger partial charge is 0.469 e. The van der Waals surface area contributed by atoms with Crippen LogP contribution in [0.15, 0.2) is 18.3 Å². The molecule has 1 heterocycles. The van der Waals surface area contributed by atoms with Crippen molar-refractivity contribution in [3.8, 4) is 6.07 Å². The number of methoxy groups -OCH3 is 1. The smallest absolute Gasteiger partial charge is 0.306 e. The number of carbonyl (C=O) groups excluding carboxylic acids is 2. The maximum atomic E-state index is 11.7. The van der Waals surface area contributed by atoms with E-state index in [2.05, 4.69) is 9.72 Å². The van der Waals surface area contributed by atoms with Crippen molar-refractivity contribution in [2.45, 2.75) is 12.8 Å². The molecule has 0 aliphatic rings. The highest BCUT2D eigenvalue weighted by Gasteiger charge is 2.13. The number of amides is 1. The van der Waals surface area contributed by atoms with Gasteiger partial charge in [-0.3, -0.25) is 14.5 Å². The molecule has 0 bridgehead atoms. The van der Waals surface area contributed by atoms with Crippen molar-refractivity contribution in [1.29, 1.82) is 5.26 Å². The predicted octanol–water partition coefficient (Wildman–Crippen LogP) is 0.869. The van der Waals surface area contributed by atoms with E-state index in [1.807, 2.05) is 6.07 Å². The third-order valence-electron chi connectivity index (χ3n) is 2.37. The van der Waals surface area contributed by atoms with Gasteiger partial charge < -0.3 is 4.74 Å². The molecule has 1 aromatic rings. The van der Waals surface area contributed by atoms with Gasteiger partial charge in [0.1, 0.15) is 11.9 Å². The normalized spacial score (nSPS) is 9.39. The average Bonchev–Trinajstić information content (AvgIpc) is 2.43. The van der Waals surface area contributed by atoms with Crippen LogP contribution in [0.2, 0.25) is 0 Å². The first kappa shape index (κ1) is 13.6. The lowest BCUT2D eigenvalue weighted by Crippen LogP contribution is -2.27. The number of nitriles is 1. The molecule has 6 heteroatoms. The molecule has 18 heavy (non-hydrogen) atoms. The zero-order valence-electron chi connectivity index (χ0n) is 10.2. The Labute approximate surface area is 105 Å². The van der Waals surface area contributed by atoms with Crippen LogP contribution in [-0.4, -0.2) is 31.0 Å². The van der Waals surface area contributed by atoms with Crippen LogP contribution < -0.4 is 4.90 Å². The van der Waals surface area contributed by atoms with E-state index >= 15 is 0 Å². The molecule has 0 spiro atoms. The van der Waals surface area contributed by atoms with Gasteiger partial charge in [-0.2, -0.15) is 5.26 Å². The number of nitrogens with zero attached hydrogens (tertiary/aromatic N) is 3. The maximum Gasteiger partial charge on any atom is 0.306 e. The zero-order chi connectivity index (χ0) is 13.5. The van der Waals surface area contributed by atoms with Gasteiger partial charge in [-0.05, 0) is 12.1 Å². The van der Waals surface area contributed by atoms with E-state index in [1.54, 1.807) is 19.2 Å². The second-order valence-electron chi connectivity index (χ2n) is 3.55. The van der Waals surface area contributed by atoms with E-state index in [4.69, 9.17) is 5.26 Å². The summed E-state index contributed by atoms with van der Waals surface area (Å²) in [6.07, 6.45) is 1.49. The number of hydrogen-bond acceptors (Lipinski definition) is 5. The van der Waals surface area contributed by atoms with E-state index in [9.17, 15) is 9.59 Å². The summed E-state index contributed by atoms with van der Waals surface area (Å²) in [5, 5.41) is 8.63. The Morgan fingerprint density at radius 2 is 2.17 bits per heavy atom. The molecular weight excluding hydrogens is 234 g/mol. The summed E-state index contributed by atoms with van der Waals surface area (Å²) in [5.74, 6) is -0.231. The summed E-state index contributed by atoms with van der Waals surface area (Å²) < 4.78 is 4.45. The quantitative estimate of drug-likeness (QED) is 0.737. The van der Waals surface area contributed by atoms with Crippen molar-refractivity contribution in [2.24, 2.45) is 0 Å². The minimum atomic E-state index is -0.426. The van der Waals surface area contributed by atoms with Crippen LogP contribution in [0.3, 0.4) is 0 Å². The minimum absolute atomic E-state index is 0.0377. The van der Waals surface area contributed by atoms with Crippen LogP contribution in [0.4, 0.5) is 5.82 Å². The first-order valence-electron chi connectivity index (χ1n) is 5.28. The van der Waals surface area contributed by atoms with Crippen molar-refractivity contribution in [3.05, 3.63) is 23.9 Å². The number of esters is 1. The van der Waals surface area contributed by atoms with Gasteiger partial charge >= 0.3 is 5.97 Å². The third-order valence-corrected chi connectivity index (χ3v) is 2.37. The summed E-state index contributed by atoms with van der Waals surface area (Å²) in [6, 6.07) is 5.10. The van der Waals surface area contributed by atoms with Crippen LogP contribution in [0.1, 0.15) is 18.4 Å². The van der Waals surface area contributed by atoms with Crippen molar-refractivity contribution in [1.82, 2.24) is 4.98 Å². The number of anilines is 1. The Hall–Kier alpha value is -2.42. The molecule has 0 aliphatic heterocycles. The molecule has 0 atom stereocenters. The van der Waals surface area contributed by atoms with Crippen molar-refractivity contribution >= 4 is 17.7 Å². The molecule has 0 saturated heterocycles. The number of hydrogen-bond donors (Lipinski definition) is 0. The second-order valence-corrected chi connectivity index (χ2v) is 3.55. The first-order valence-corrected chi connectivity index (χ1v) is 5.28. The van der Waals surface area contributed by atoms with Gasteiger partial charge in [-0.15, -0.1) is 0 Å². The highest BCUT2D eigenvalue weighted by atomic mass is 16.5. The highest BCUT2D eigenvalue weighted by Crippen LogP contribution is 2.11.